The maximum absolute atomic E-state index is 12.1. The fraction of sp³-hybridized carbons (Fsp3) is 0.333. The number of nitriles is 1. The topological polar surface area (TPSA) is 62.6 Å². The highest BCUT2D eigenvalue weighted by molar-refractivity contribution is 5.99. The van der Waals surface area contributed by atoms with Gasteiger partial charge >= 0.3 is 0 Å². The molecule has 0 saturated carbocycles. The predicted octanol–water partition coefficient (Wildman–Crippen LogP) is 1.30. The Balaban J connectivity index is 3.19. The van der Waals surface area contributed by atoms with Gasteiger partial charge in [-0.25, -0.2) is 0 Å². The van der Waals surface area contributed by atoms with Crippen molar-refractivity contribution in [1.82, 2.24) is 4.90 Å². The fourth-order valence-electron chi connectivity index (χ4n) is 1.43. The summed E-state index contributed by atoms with van der Waals surface area (Å²) >= 11 is 0. The number of benzene rings is 1. The lowest BCUT2D eigenvalue weighted by Crippen LogP contribution is -2.27. The molecular weight excluding hydrogens is 220 g/mol. The molecule has 0 atom stereocenters. The molecular formula is C12H14N2O3. The van der Waals surface area contributed by atoms with Crippen LogP contribution in [0.2, 0.25) is 0 Å². The monoisotopic (exact) mass is 234 g/mol. The third-order valence-corrected chi connectivity index (χ3v) is 2.30. The van der Waals surface area contributed by atoms with Crippen LogP contribution in [-0.4, -0.2) is 38.6 Å². The van der Waals surface area contributed by atoms with Crippen LogP contribution in [0.5, 0.6) is 11.5 Å². The summed E-state index contributed by atoms with van der Waals surface area (Å²) in [7, 11) is 4.52. The second-order valence-corrected chi connectivity index (χ2v) is 3.36. The van der Waals surface area contributed by atoms with Crippen molar-refractivity contribution in [1.29, 1.82) is 5.26 Å². The molecule has 5 heteroatoms. The van der Waals surface area contributed by atoms with Gasteiger partial charge in [0.15, 0.2) is 0 Å². The number of nitrogens with zero attached hydrogens (tertiary/aromatic N) is 2. The van der Waals surface area contributed by atoms with Crippen LogP contribution in [0.1, 0.15) is 10.4 Å². The van der Waals surface area contributed by atoms with E-state index in [1.54, 1.807) is 25.2 Å². The first kappa shape index (κ1) is 12.8. The van der Waals surface area contributed by atoms with E-state index in [1.165, 1.54) is 19.1 Å². The average Bonchev–Trinajstić information content (AvgIpc) is 2.37. The van der Waals surface area contributed by atoms with Crippen LogP contribution in [0, 0.1) is 11.3 Å². The van der Waals surface area contributed by atoms with Crippen LogP contribution in [0.4, 0.5) is 0 Å². The Morgan fingerprint density at radius 3 is 2.29 bits per heavy atom. The smallest absolute Gasteiger partial charge is 0.262 e. The molecule has 0 fully saturated rings. The van der Waals surface area contributed by atoms with Crippen LogP contribution in [-0.2, 0) is 0 Å². The summed E-state index contributed by atoms with van der Waals surface area (Å²) in [5, 5.41) is 8.58. The number of rotatable bonds is 4. The minimum Gasteiger partial charge on any atom is -0.496 e. The molecule has 1 rings (SSSR count). The first-order chi connectivity index (χ1) is 8.15. The molecule has 0 unspecified atom stereocenters. The van der Waals surface area contributed by atoms with Crippen LogP contribution < -0.4 is 9.47 Å². The molecule has 5 nitrogen and oxygen atoms in total. The SMILES string of the molecule is COc1cccc(OC)c1C(=O)N(C)CC#N. The molecule has 0 N–H and O–H groups in total. The van der Waals surface area contributed by atoms with Crippen LogP contribution in [0.25, 0.3) is 0 Å². The van der Waals surface area contributed by atoms with Crippen molar-refractivity contribution >= 4 is 5.91 Å². The molecule has 0 heterocycles. The van der Waals surface area contributed by atoms with E-state index in [2.05, 4.69) is 0 Å². The molecule has 0 bridgehead atoms. The summed E-state index contributed by atoms with van der Waals surface area (Å²) in [6, 6.07) is 7.00. The van der Waals surface area contributed by atoms with Gasteiger partial charge in [-0.2, -0.15) is 5.26 Å². The molecule has 0 radical (unpaired) electrons. The third kappa shape index (κ3) is 2.67. The standard InChI is InChI=1S/C12H14N2O3/c1-14(8-7-13)12(15)11-9(16-2)5-4-6-10(11)17-3/h4-6H,8H2,1-3H3. The predicted molar refractivity (Wildman–Crippen MR) is 62.1 cm³/mol. The van der Waals surface area contributed by atoms with Gasteiger partial charge in [0.25, 0.3) is 5.91 Å². The minimum absolute atomic E-state index is 0.0139. The van der Waals surface area contributed by atoms with Gasteiger partial charge in [-0.1, -0.05) is 6.07 Å². The Kier molecular flexibility index (Phi) is 4.35. The van der Waals surface area contributed by atoms with Gasteiger partial charge in [0.2, 0.25) is 0 Å². The Hall–Kier alpha value is -2.22. The molecule has 1 aromatic carbocycles. The normalized spacial score (nSPS) is 9.29. The van der Waals surface area contributed by atoms with Crippen LogP contribution in [0.3, 0.4) is 0 Å². The number of carbonyl (C=O) groups excluding carboxylic acids is 1. The molecule has 17 heavy (non-hydrogen) atoms. The van der Waals surface area contributed by atoms with Gasteiger partial charge in [-0.05, 0) is 12.1 Å². The molecule has 90 valence electrons. The van der Waals surface area contributed by atoms with Crippen molar-refractivity contribution in [3.05, 3.63) is 23.8 Å². The first-order valence-electron chi connectivity index (χ1n) is 4.99. The Labute approximate surface area is 100 Å². The summed E-state index contributed by atoms with van der Waals surface area (Å²) < 4.78 is 10.3. The van der Waals surface area contributed by atoms with E-state index in [0.29, 0.717) is 17.1 Å². The van der Waals surface area contributed by atoms with E-state index in [1.807, 2.05) is 6.07 Å². The fourth-order valence-corrected chi connectivity index (χ4v) is 1.43. The average molecular weight is 234 g/mol. The Morgan fingerprint density at radius 1 is 1.35 bits per heavy atom. The number of methoxy groups -OCH3 is 2. The van der Waals surface area contributed by atoms with Crippen molar-refractivity contribution in [2.24, 2.45) is 0 Å². The molecule has 0 saturated heterocycles. The van der Waals surface area contributed by atoms with Gasteiger partial charge in [0, 0.05) is 7.05 Å². The Bertz CT molecular complexity index is 429. The lowest BCUT2D eigenvalue weighted by Gasteiger charge is -2.17. The molecule has 1 amide bonds. The number of hydrogen-bond acceptors (Lipinski definition) is 4. The minimum atomic E-state index is -0.305. The van der Waals surface area contributed by atoms with E-state index in [9.17, 15) is 4.79 Å². The lowest BCUT2D eigenvalue weighted by molar-refractivity contribution is 0.0805. The van der Waals surface area contributed by atoms with Gasteiger partial charge in [-0.15, -0.1) is 0 Å². The van der Waals surface area contributed by atoms with Crippen molar-refractivity contribution in [3.63, 3.8) is 0 Å². The zero-order chi connectivity index (χ0) is 12.8. The van der Waals surface area contributed by atoms with Gasteiger partial charge in [0.1, 0.15) is 23.6 Å². The second kappa shape index (κ2) is 5.75. The first-order valence-corrected chi connectivity index (χ1v) is 4.99. The molecule has 0 aliphatic heterocycles. The zero-order valence-corrected chi connectivity index (χ0v) is 10.1. The quantitative estimate of drug-likeness (QED) is 0.737. The number of ether oxygens (including phenoxy) is 2. The number of carbonyl (C=O) groups is 1. The molecule has 0 aliphatic carbocycles. The summed E-state index contributed by atoms with van der Waals surface area (Å²) in [4.78, 5) is 13.4. The Morgan fingerprint density at radius 2 is 1.88 bits per heavy atom. The molecule has 0 aliphatic rings. The maximum Gasteiger partial charge on any atom is 0.262 e. The van der Waals surface area contributed by atoms with Crippen molar-refractivity contribution in [2.75, 3.05) is 27.8 Å². The molecule has 0 spiro atoms. The van der Waals surface area contributed by atoms with Crippen molar-refractivity contribution in [2.45, 2.75) is 0 Å². The third-order valence-electron chi connectivity index (χ3n) is 2.30. The van der Waals surface area contributed by atoms with Gasteiger partial charge in [-0.3, -0.25) is 4.79 Å². The highest BCUT2D eigenvalue weighted by Gasteiger charge is 2.21. The van der Waals surface area contributed by atoms with Crippen molar-refractivity contribution < 1.29 is 14.3 Å². The lowest BCUT2D eigenvalue weighted by atomic mass is 10.1. The molecule has 0 aromatic heterocycles. The van der Waals surface area contributed by atoms with Gasteiger partial charge in [0.05, 0.1) is 20.3 Å². The summed E-state index contributed by atoms with van der Waals surface area (Å²) in [5.74, 6) is 0.555. The number of amides is 1. The van der Waals surface area contributed by atoms with E-state index >= 15 is 0 Å². The summed E-state index contributed by atoms with van der Waals surface area (Å²) in [6.07, 6.45) is 0. The summed E-state index contributed by atoms with van der Waals surface area (Å²) in [6.45, 7) is 0.0139. The number of hydrogen-bond donors (Lipinski definition) is 0. The second-order valence-electron chi connectivity index (χ2n) is 3.36. The van der Waals surface area contributed by atoms with Crippen LogP contribution >= 0.6 is 0 Å². The van der Waals surface area contributed by atoms with Gasteiger partial charge < -0.3 is 14.4 Å². The maximum atomic E-state index is 12.1. The van der Waals surface area contributed by atoms with Crippen molar-refractivity contribution in [3.8, 4) is 17.6 Å². The van der Waals surface area contributed by atoms with Crippen LogP contribution in [0.15, 0.2) is 18.2 Å². The highest BCUT2D eigenvalue weighted by atomic mass is 16.5. The highest BCUT2D eigenvalue weighted by Crippen LogP contribution is 2.29. The van der Waals surface area contributed by atoms with E-state index < -0.39 is 0 Å². The summed E-state index contributed by atoms with van der Waals surface area (Å²) in [5.41, 5.74) is 0.329. The van der Waals surface area contributed by atoms with E-state index in [0.717, 1.165) is 0 Å². The van der Waals surface area contributed by atoms with E-state index in [4.69, 9.17) is 14.7 Å². The largest absolute Gasteiger partial charge is 0.496 e. The molecule has 1 aromatic rings. The zero-order valence-electron chi connectivity index (χ0n) is 10.1. The van der Waals surface area contributed by atoms with E-state index in [-0.39, 0.29) is 12.5 Å².